The Hall–Kier alpha value is -0.400. The number of carbonyl (C=O) groups is 1. The van der Waals surface area contributed by atoms with Crippen molar-refractivity contribution >= 4 is 6.29 Å². The molecule has 1 fully saturated rings. The Kier molecular flexibility index (Phi) is 3.24. The van der Waals surface area contributed by atoms with Crippen molar-refractivity contribution in [3.8, 4) is 0 Å². The van der Waals surface area contributed by atoms with Crippen molar-refractivity contribution in [3.05, 3.63) is 0 Å². The molecule has 0 heterocycles. The van der Waals surface area contributed by atoms with E-state index in [4.69, 9.17) is 0 Å². The van der Waals surface area contributed by atoms with Crippen molar-refractivity contribution in [1.29, 1.82) is 0 Å². The number of alkyl halides is 1. The van der Waals surface area contributed by atoms with Crippen LogP contribution in [-0.4, -0.2) is 13.0 Å². The molecule has 0 aliphatic heterocycles. The second-order valence-corrected chi connectivity index (χ2v) is 4.10. The van der Waals surface area contributed by atoms with E-state index < -0.39 is 0 Å². The summed E-state index contributed by atoms with van der Waals surface area (Å²) in [6.07, 6.45) is 5.36. The molecule has 0 atom stereocenters. The second-order valence-electron chi connectivity index (χ2n) is 4.10. The molecule has 0 unspecified atom stereocenters. The summed E-state index contributed by atoms with van der Waals surface area (Å²) in [5, 5.41) is 0. The summed E-state index contributed by atoms with van der Waals surface area (Å²) >= 11 is 0. The van der Waals surface area contributed by atoms with E-state index in [-0.39, 0.29) is 12.1 Å². The molecule has 0 radical (unpaired) electrons. The van der Waals surface area contributed by atoms with E-state index in [9.17, 15) is 9.18 Å². The van der Waals surface area contributed by atoms with Crippen LogP contribution in [0.3, 0.4) is 0 Å². The number of hydrogen-bond donors (Lipinski definition) is 0. The zero-order valence-corrected chi connectivity index (χ0v) is 7.68. The first kappa shape index (κ1) is 9.69. The fourth-order valence-corrected chi connectivity index (χ4v) is 1.95. The van der Waals surface area contributed by atoms with Crippen molar-refractivity contribution in [3.63, 3.8) is 0 Å². The standard InChI is InChI=1S/C10H17FO/c1-9-2-4-10(8-12,5-3-9)6-7-11/h8-9H,2-7H2,1H3. The number of carbonyl (C=O) groups excluding carboxylic acids is 1. The van der Waals surface area contributed by atoms with Crippen LogP contribution in [-0.2, 0) is 4.79 Å². The first-order valence-electron chi connectivity index (χ1n) is 4.75. The van der Waals surface area contributed by atoms with Crippen LogP contribution in [0.5, 0.6) is 0 Å². The fraction of sp³-hybridized carbons (Fsp3) is 0.900. The third-order valence-corrected chi connectivity index (χ3v) is 3.11. The number of aldehydes is 1. The van der Waals surface area contributed by atoms with Gasteiger partial charge in [0.05, 0.1) is 6.67 Å². The highest BCUT2D eigenvalue weighted by Crippen LogP contribution is 2.39. The lowest BCUT2D eigenvalue weighted by Gasteiger charge is -2.34. The van der Waals surface area contributed by atoms with Gasteiger partial charge in [0.2, 0.25) is 0 Å². The Morgan fingerprint density at radius 3 is 2.50 bits per heavy atom. The summed E-state index contributed by atoms with van der Waals surface area (Å²) in [7, 11) is 0. The van der Waals surface area contributed by atoms with Gasteiger partial charge in [-0.1, -0.05) is 6.92 Å². The average Bonchev–Trinajstić information content (AvgIpc) is 2.10. The summed E-state index contributed by atoms with van der Waals surface area (Å²) in [5.41, 5.74) is -0.304. The molecule has 1 nitrogen and oxygen atoms in total. The maximum atomic E-state index is 12.1. The molecule has 2 heteroatoms. The maximum absolute atomic E-state index is 12.1. The fourth-order valence-electron chi connectivity index (χ4n) is 1.95. The molecule has 0 saturated heterocycles. The van der Waals surface area contributed by atoms with Crippen LogP contribution in [0, 0.1) is 11.3 Å². The minimum Gasteiger partial charge on any atom is -0.303 e. The number of hydrogen-bond acceptors (Lipinski definition) is 1. The third-order valence-electron chi connectivity index (χ3n) is 3.11. The smallest absolute Gasteiger partial charge is 0.126 e. The van der Waals surface area contributed by atoms with Gasteiger partial charge in [-0.25, -0.2) is 0 Å². The van der Waals surface area contributed by atoms with Gasteiger partial charge in [-0.2, -0.15) is 0 Å². The van der Waals surface area contributed by atoms with Crippen molar-refractivity contribution in [2.24, 2.45) is 11.3 Å². The van der Waals surface area contributed by atoms with Gasteiger partial charge in [0.15, 0.2) is 0 Å². The summed E-state index contributed by atoms with van der Waals surface area (Å²) in [4.78, 5) is 10.8. The molecule has 1 aliphatic carbocycles. The molecule has 0 aromatic rings. The second kappa shape index (κ2) is 4.01. The van der Waals surface area contributed by atoms with E-state index in [1.165, 1.54) is 0 Å². The van der Waals surface area contributed by atoms with Crippen molar-refractivity contribution in [2.75, 3.05) is 6.67 Å². The van der Waals surface area contributed by atoms with Crippen LogP contribution < -0.4 is 0 Å². The van der Waals surface area contributed by atoms with Gasteiger partial charge < -0.3 is 4.79 Å². The van der Waals surface area contributed by atoms with Gasteiger partial charge in [-0.3, -0.25) is 4.39 Å². The van der Waals surface area contributed by atoms with Crippen LogP contribution >= 0.6 is 0 Å². The Morgan fingerprint density at radius 2 is 2.08 bits per heavy atom. The molecular formula is C10H17FO. The Bertz CT molecular complexity index is 148. The van der Waals surface area contributed by atoms with Crippen LogP contribution in [0.25, 0.3) is 0 Å². The first-order chi connectivity index (χ1) is 5.72. The van der Waals surface area contributed by atoms with Gasteiger partial charge in [-0.05, 0) is 38.0 Å². The summed E-state index contributed by atoms with van der Waals surface area (Å²) in [6.45, 7) is 1.84. The van der Waals surface area contributed by atoms with E-state index in [0.717, 1.165) is 37.9 Å². The average molecular weight is 172 g/mol. The highest BCUT2D eigenvalue weighted by atomic mass is 19.1. The molecule has 1 aliphatic rings. The Balaban J connectivity index is 2.50. The molecule has 0 aromatic heterocycles. The van der Waals surface area contributed by atoms with Gasteiger partial charge in [0.1, 0.15) is 6.29 Å². The monoisotopic (exact) mass is 172 g/mol. The largest absolute Gasteiger partial charge is 0.303 e. The van der Waals surface area contributed by atoms with Gasteiger partial charge >= 0.3 is 0 Å². The lowest BCUT2D eigenvalue weighted by molar-refractivity contribution is -0.118. The van der Waals surface area contributed by atoms with E-state index in [1.807, 2.05) is 0 Å². The highest BCUT2D eigenvalue weighted by Gasteiger charge is 2.33. The first-order valence-corrected chi connectivity index (χ1v) is 4.75. The predicted molar refractivity (Wildman–Crippen MR) is 46.7 cm³/mol. The molecular weight excluding hydrogens is 155 g/mol. The normalized spacial score (nSPS) is 36.3. The highest BCUT2D eigenvalue weighted by molar-refractivity contribution is 5.59. The van der Waals surface area contributed by atoms with E-state index in [1.54, 1.807) is 0 Å². The number of halogens is 1. The predicted octanol–water partition coefficient (Wildman–Crippen LogP) is 2.74. The van der Waals surface area contributed by atoms with E-state index in [0.29, 0.717) is 6.42 Å². The van der Waals surface area contributed by atoms with Crippen LogP contribution in [0.15, 0.2) is 0 Å². The van der Waals surface area contributed by atoms with Gasteiger partial charge in [0.25, 0.3) is 0 Å². The summed E-state index contributed by atoms with van der Waals surface area (Å²) < 4.78 is 12.1. The van der Waals surface area contributed by atoms with Crippen LogP contribution in [0.2, 0.25) is 0 Å². The van der Waals surface area contributed by atoms with Gasteiger partial charge in [-0.15, -0.1) is 0 Å². The van der Waals surface area contributed by atoms with Gasteiger partial charge in [0, 0.05) is 5.41 Å². The molecule has 1 rings (SSSR count). The third kappa shape index (κ3) is 2.05. The number of rotatable bonds is 3. The molecule has 0 aromatic carbocycles. The van der Waals surface area contributed by atoms with E-state index >= 15 is 0 Å². The van der Waals surface area contributed by atoms with E-state index in [2.05, 4.69) is 6.92 Å². The van der Waals surface area contributed by atoms with Crippen molar-refractivity contribution < 1.29 is 9.18 Å². The van der Waals surface area contributed by atoms with Crippen LogP contribution in [0.1, 0.15) is 39.0 Å². The minimum atomic E-state index is -0.354. The molecule has 1 saturated carbocycles. The molecule has 0 N–H and O–H groups in total. The SMILES string of the molecule is CC1CCC(C=O)(CCF)CC1. The quantitative estimate of drug-likeness (QED) is 0.598. The zero-order valence-electron chi connectivity index (χ0n) is 7.68. The van der Waals surface area contributed by atoms with Crippen molar-refractivity contribution in [2.45, 2.75) is 39.0 Å². The zero-order chi connectivity index (χ0) is 9.03. The van der Waals surface area contributed by atoms with Crippen molar-refractivity contribution in [1.82, 2.24) is 0 Å². The maximum Gasteiger partial charge on any atom is 0.126 e. The minimum absolute atomic E-state index is 0.304. The molecule has 12 heavy (non-hydrogen) atoms. The summed E-state index contributed by atoms with van der Waals surface area (Å²) in [5.74, 6) is 0.720. The summed E-state index contributed by atoms with van der Waals surface area (Å²) in [6, 6.07) is 0. The topological polar surface area (TPSA) is 17.1 Å². The lowest BCUT2D eigenvalue weighted by Crippen LogP contribution is -2.28. The lowest BCUT2D eigenvalue weighted by atomic mass is 9.70. The Morgan fingerprint density at radius 1 is 1.50 bits per heavy atom. The van der Waals surface area contributed by atoms with Crippen LogP contribution in [0.4, 0.5) is 4.39 Å². The molecule has 0 spiro atoms. The Labute approximate surface area is 73.3 Å². The molecule has 0 amide bonds. The molecule has 0 bridgehead atoms. The molecule has 70 valence electrons.